The number of hydrogen-bond acceptors (Lipinski definition) is 1. The molecule has 0 aromatic heterocycles. The number of nitrogens with one attached hydrogen (secondary N) is 1. The second-order valence-corrected chi connectivity index (χ2v) is 4.01. The van der Waals surface area contributed by atoms with Crippen LogP contribution in [0.1, 0.15) is 24.0 Å². The summed E-state index contributed by atoms with van der Waals surface area (Å²) in [6.07, 6.45) is 4.55. The average molecular weight is 187 g/mol. The summed E-state index contributed by atoms with van der Waals surface area (Å²) in [6, 6.07) is 8.68. The van der Waals surface area contributed by atoms with Crippen LogP contribution < -0.4 is 5.32 Å². The number of benzene rings is 1. The Kier molecular flexibility index (Phi) is 2.69. The maximum absolute atomic E-state index is 3.27. The highest BCUT2D eigenvalue weighted by Crippen LogP contribution is 2.32. The van der Waals surface area contributed by atoms with Crippen molar-refractivity contribution >= 4 is 6.08 Å². The lowest BCUT2D eigenvalue weighted by molar-refractivity contribution is 0.515. The van der Waals surface area contributed by atoms with E-state index in [1.807, 2.05) is 7.05 Å². The van der Waals surface area contributed by atoms with Crippen molar-refractivity contribution in [2.75, 3.05) is 13.6 Å². The third-order valence-corrected chi connectivity index (χ3v) is 3.03. The fourth-order valence-electron chi connectivity index (χ4n) is 2.19. The number of likely N-dealkylation sites (N-methyl/N-ethyl adjacent to an activating group) is 1. The normalized spacial score (nSPS) is 24.7. The van der Waals surface area contributed by atoms with Crippen LogP contribution in [-0.2, 0) is 0 Å². The van der Waals surface area contributed by atoms with Gasteiger partial charge in [-0.3, -0.25) is 0 Å². The highest BCUT2D eigenvalue weighted by atomic mass is 14.8. The van der Waals surface area contributed by atoms with E-state index in [0.717, 1.165) is 6.54 Å². The van der Waals surface area contributed by atoms with Crippen LogP contribution in [0.25, 0.3) is 6.08 Å². The molecule has 1 heteroatoms. The zero-order valence-electron chi connectivity index (χ0n) is 8.83. The second kappa shape index (κ2) is 3.97. The van der Waals surface area contributed by atoms with Crippen molar-refractivity contribution in [3.05, 3.63) is 41.5 Å². The number of hydrogen-bond donors (Lipinski definition) is 1. The molecule has 0 radical (unpaired) electrons. The van der Waals surface area contributed by atoms with Gasteiger partial charge in [0.1, 0.15) is 0 Å². The van der Waals surface area contributed by atoms with Crippen LogP contribution in [0.4, 0.5) is 0 Å². The molecule has 2 rings (SSSR count). The first-order valence-electron chi connectivity index (χ1n) is 5.24. The van der Waals surface area contributed by atoms with Gasteiger partial charge in [-0.15, -0.1) is 0 Å². The van der Waals surface area contributed by atoms with Gasteiger partial charge in [-0.25, -0.2) is 0 Å². The molecular weight excluding hydrogens is 170 g/mol. The molecule has 14 heavy (non-hydrogen) atoms. The zero-order chi connectivity index (χ0) is 9.97. The minimum Gasteiger partial charge on any atom is -0.319 e. The topological polar surface area (TPSA) is 12.0 Å². The molecule has 1 aromatic carbocycles. The minimum atomic E-state index is 0.626. The smallest absolute Gasteiger partial charge is 0.00295 e. The summed E-state index contributed by atoms with van der Waals surface area (Å²) in [4.78, 5) is 0. The van der Waals surface area contributed by atoms with Crippen LogP contribution in [0.2, 0.25) is 0 Å². The first-order valence-corrected chi connectivity index (χ1v) is 5.24. The SMILES string of the molecule is CNCC1c2ccccc2C=CC1C. The molecule has 0 fully saturated rings. The van der Waals surface area contributed by atoms with Crippen molar-refractivity contribution in [1.29, 1.82) is 0 Å². The molecule has 0 heterocycles. The van der Waals surface area contributed by atoms with Gasteiger partial charge in [0.15, 0.2) is 0 Å². The lowest BCUT2D eigenvalue weighted by Gasteiger charge is -2.27. The van der Waals surface area contributed by atoms with E-state index in [4.69, 9.17) is 0 Å². The van der Waals surface area contributed by atoms with Gasteiger partial charge < -0.3 is 5.32 Å². The average Bonchev–Trinajstić information content (AvgIpc) is 2.23. The molecule has 0 amide bonds. The van der Waals surface area contributed by atoms with Crippen molar-refractivity contribution in [3.8, 4) is 0 Å². The van der Waals surface area contributed by atoms with Gasteiger partial charge in [0.05, 0.1) is 0 Å². The third-order valence-electron chi connectivity index (χ3n) is 3.03. The molecule has 0 saturated heterocycles. The standard InChI is InChI=1S/C13H17N/c1-10-7-8-11-5-3-4-6-12(11)13(10)9-14-2/h3-8,10,13-14H,9H2,1-2H3. The molecule has 1 aromatic rings. The van der Waals surface area contributed by atoms with Gasteiger partial charge in [0, 0.05) is 12.5 Å². The van der Waals surface area contributed by atoms with Crippen molar-refractivity contribution in [3.63, 3.8) is 0 Å². The Morgan fingerprint density at radius 3 is 2.86 bits per heavy atom. The van der Waals surface area contributed by atoms with Crippen LogP contribution in [0.15, 0.2) is 30.3 Å². The van der Waals surface area contributed by atoms with Crippen LogP contribution in [-0.4, -0.2) is 13.6 Å². The highest BCUT2D eigenvalue weighted by Gasteiger charge is 2.21. The predicted molar refractivity (Wildman–Crippen MR) is 61.3 cm³/mol. The Labute approximate surface area is 85.8 Å². The molecule has 0 saturated carbocycles. The first-order chi connectivity index (χ1) is 6.83. The number of allylic oxidation sites excluding steroid dienone is 1. The predicted octanol–water partition coefficient (Wildman–Crippen LogP) is 2.65. The van der Waals surface area contributed by atoms with Gasteiger partial charge in [0.2, 0.25) is 0 Å². The van der Waals surface area contributed by atoms with Crippen LogP contribution in [0.5, 0.6) is 0 Å². The van der Waals surface area contributed by atoms with E-state index >= 15 is 0 Å². The Morgan fingerprint density at radius 2 is 2.07 bits per heavy atom. The molecular formula is C13H17N. The Morgan fingerprint density at radius 1 is 1.29 bits per heavy atom. The van der Waals surface area contributed by atoms with Gasteiger partial charge in [-0.1, -0.05) is 43.3 Å². The quantitative estimate of drug-likeness (QED) is 0.750. The summed E-state index contributed by atoms with van der Waals surface area (Å²) in [5, 5.41) is 3.27. The van der Waals surface area contributed by atoms with Gasteiger partial charge in [-0.05, 0) is 24.1 Å². The Hall–Kier alpha value is -1.08. The molecule has 1 aliphatic carbocycles. The van der Waals surface area contributed by atoms with Crippen LogP contribution >= 0.6 is 0 Å². The van der Waals surface area contributed by atoms with Crippen LogP contribution in [0, 0.1) is 5.92 Å². The fraction of sp³-hybridized carbons (Fsp3) is 0.385. The van der Waals surface area contributed by atoms with Gasteiger partial charge >= 0.3 is 0 Å². The molecule has 74 valence electrons. The molecule has 2 atom stereocenters. The summed E-state index contributed by atoms with van der Waals surface area (Å²) in [6.45, 7) is 3.34. The number of fused-ring (bicyclic) bond motifs is 1. The van der Waals surface area contributed by atoms with Crippen molar-refractivity contribution in [2.24, 2.45) is 5.92 Å². The van der Waals surface area contributed by atoms with Crippen molar-refractivity contribution < 1.29 is 0 Å². The molecule has 2 unspecified atom stereocenters. The zero-order valence-corrected chi connectivity index (χ0v) is 8.83. The maximum Gasteiger partial charge on any atom is 0.00295 e. The third kappa shape index (κ3) is 1.60. The van der Waals surface area contributed by atoms with Gasteiger partial charge in [-0.2, -0.15) is 0 Å². The number of rotatable bonds is 2. The highest BCUT2D eigenvalue weighted by molar-refractivity contribution is 5.58. The first kappa shape index (κ1) is 9.47. The van der Waals surface area contributed by atoms with E-state index in [0.29, 0.717) is 11.8 Å². The molecule has 1 aliphatic rings. The van der Waals surface area contributed by atoms with E-state index in [2.05, 4.69) is 48.7 Å². The summed E-state index contributed by atoms with van der Waals surface area (Å²) >= 11 is 0. The molecule has 0 bridgehead atoms. The van der Waals surface area contributed by atoms with E-state index in [1.165, 1.54) is 11.1 Å². The van der Waals surface area contributed by atoms with Crippen LogP contribution in [0.3, 0.4) is 0 Å². The monoisotopic (exact) mass is 187 g/mol. The summed E-state index contributed by atoms with van der Waals surface area (Å²) in [7, 11) is 2.02. The molecule has 0 aliphatic heterocycles. The largest absolute Gasteiger partial charge is 0.319 e. The van der Waals surface area contributed by atoms with Crippen molar-refractivity contribution in [2.45, 2.75) is 12.8 Å². The fourth-order valence-corrected chi connectivity index (χ4v) is 2.19. The lowest BCUT2D eigenvalue weighted by atomic mass is 9.80. The molecule has 1 nitrogen and oxygen atoms in total. The minimum absolute atomic E-state index is 0.626. The van der Waals surface area contributed by atoms with E-state index in [-0.39, 0.29) is 0 Å². The summed E-state index contributed by atoms with van der Waals surface area (Å²) in [5.41, 5.74) is 2.86. The Bertz CT molecular complexity index is 341. The Balaban J connectivity index is 2.37. The second-order valence-electron chi connectivity index (χ2n) is 4.01. The van der Waals surface area contributed by atoms with E-state index < -0.39 is 0 Å². The molecule has 0 spiro atoms. The molecule has 1 N–H and O–H groups in total. The lowest BCUT2D eigenvalue weighted by Crippen LogP contribution is -2.24. The van der Waals surface area contributed by atoms with E-state index in [1.54, 1.807) is 0 Å². The summed E-state index contributed by atoms with van der Waals surface area (Å²) in [5.74, 6) is 1.26. The summed E-state index contributed by atoms with van der Waals surface area (Å²) < 4.78 is 0. The van der Waals surface area contributed by atoms with Crippen molar-refractivity contribution in [1.82, 2.24) is 5.32 Å². The maximum atomic E-state index is 3.27. The van der Waals surface area contributed by atoms with Gasteiger partial charge in [0.25, 0.3) is 0 Å². The van der Waals surface area contributed by atoms with E-state index in [9.17, 15) is 0 Å².